The minimum Gasteiger partial charge on any atom is -0.411 e. The number of aromatic nitrogens is 2. The van der Waals surface area contributed by atoms with E-state index >= 15 is 0 Å². The van der Waals surface area contributed by atoms with Crippen molar-refractivity contribution in [1.29, 1.82) is 0 Å². The normalized spacial score (nSPS) is 15.6. The van der Waals surface area contributed by atoms with E-state index in [1.807, 2.05) is 31.2 Å². The van der Waals surface area contributed by atoms with Crippen LogP contribution in [0.15, 0.2) is 33.9 Å². The van der Waals surface area contributed by atoms with Crippen molar-refractivity contribution in [3.8, 4) is 11.5 Å². The Morgan fingerprint density at radius 1 is 1.35 bits per heavy atom. The van der Waals surface area contributed by atoms with E-state index < -0.39 is 5.25 Å². The third-order valence-electron chi connectivity index (χ3n) is 3.45. The molecular weight excluding hydrogens is 316 g/mol. The van der Waals surface area contributed by atoms with Gasteiger partial charge < -0.3 is 9.73 Å². The van der Waals surface area contributed by atoms with Crippen LogP contribution >= 0.6 is 11.8 Å². The molecule has 0 radical (unpaired) electrons. The van der Waals surface area contributed by atoms with Crippen molar-refractivity contribution >= 4 is 23.7 Å². The maximum Gasteiger partial charge on any atom is 0.324 e. The lowest BCUT2D eigenvalue weighted by Crippen LogP contribution is -2.38. The van der Waals surface area contributed by atoms with E-state index in [0.29, 0.717) is 24.2 Å². The first-order valence-electron chi connectivity index (χ1n) is 7.21. The van der Waals surface area contributed by atoms with Gasteiger partial charge in [-0.05, 0) is 26.0 Å². The van der Waals surface area contributed by atoms with Crippen LogP contribution in [0.5, 0.6) is 0 Å². The number of carbonyl (C=O) groups excluding carboxylic acids is 2. The number of benzene rings is 1. The van der Waals surface area contributed by atoms with Gasteiger partial charge in [0.25, 0.3) is 5.22 Å². The molecular formula is C15H16N4O3S. The number of aryl methyl sites for hydroxylation is 1. The van der Waals surface area contributed by atoms with Crippen molar-refractivity contribution in [2.75, 3.05) is 13.1 Å². The first kappa shape index (κ1) is 15.5. The number of nitrogens with one attached hydrogen (secondary N) is 1. The molecule has 7 nitrogen and oxygen atoms in total. The molecule has 1 aromatic heterocycles. The lowest BCUT2D eigenvalue weighted by Gasteiger charge is -2.15. The summed E-state index contributed by atoms with van der Waals surface area (Å²) < 4.78 is 5.59. The van der Waals surface area contributed by atoms with Gasteiger partial charge in [0.05, 0.1) is 5.25 Å². The maximum atomic E-state index is 12.2. The van der Waals surface area contributed by atoms with Crippen LogP contribution in [0.25, 0.3) is 11.5 Å². The second-order valence-corrected chi connectivity index (χ2v) is 6.51. The van der Waals surface area contributed by atoms with Crippen molar-refractivity contribution in [2.24, 2.45) is 0 Å². The fraction of sp³-hybridized carbons (Fsp3) is 0.333. The molecule has 0 unspecified atom stereocenters. The second-order valence-electron chi connectivity index (χ2n) is 5.22. The molecule has 0 saturated carbocycles. The predicted molar refractivity (Wildman–Crippen MR) is 84.9 cm³/mol. The maximum absolute atomic E-state index is 12.2. The van der Waals surface area contributed by atoms with E-state index in [4.69, 9.17) is 4.42 Å². The zero-order valence-electron chi connectivity index (χ0n) is 12.8. The summed E-state index contributed by atoms with van der Waals surface area (Å²) in [5.41, 5.74) is 1.97. The van der Waals surface area contributed by atoms with Crippen molar-refractivity contribution in [1.82, 2.24) is 20.4 Å². The zero-order chi connectivity index (χ0) is 16.4. The van der Waals surface area contributed by atoms with Crippen molar-refractivity contribution in [3.63, 3.8) is 0 Å². The Hall–Kier alpha value is -2.35. The molecule has 1 saturated heterocycles. The summed E-state index contributed by atoms with van der Waals surface area (Å²) in [6.45, 7) is 4.59. The van der Waals surface area contributed by atoms with Crippen molar-refractivity contribution in [2.45, 2.75) is 24.3 Å². The lowest BCUT2D eigenvalue weighted by molar-refractivity contribution is -0.126. The molecule has 3 amide bonds. The number of nitrogens with zero attached hydrogens (tertiary/aromatic N) is 3. The first-order chi connectivity index (χ1) is 11.0. The van der Waals surface area contributed by atoms with Crippen LogP contribution in [0.2, 0.25) is 0 Å². The van der Waals surface area contributed by atoms with E-state index in [1.54, 1.807) is 6.92 Å². The van der Waals surface area contributed by atoms with Gasteiger partial charge >= 0.3 is 6.03 Å². The number of amides is 3. The standard InChI is InChI=1S/C15H16N4O3S/c1-9-3-5-11(6-4-9)12-17-18-15(22-12)23-10(2)13(20)19-8-7-16-14(19)21/h3-6,10H,7-8H2,1-2H3,(H,16,21)/t10-/m0/s1. The fourth-order valence-electron chi connectivity index (χ4n) is 2.17. The van der Waals surface area contributed by atoms with Crippen molar-refractivity contribution in [3.05, 3.63) is 29.8 Å². The van der Waals surface area contributed by atoms with Crippen LogP contribution in [-0.4, -0.2) is 45.4 Å². The van der Waals surface area contributed by atoms with Gasteiger partial charge in [-0.2, -0.15) is 0 Å². The summed E-state index contributed by atoms with van der Waals surface area (Å²) in [5, 5.41) is 10.4. The third kappa shape index (κ3) is 3.37. The van der Waals surface area contributed by atoms with Crippen LogP contribution in [0.4, 0.5) is 4.79 Å². The Morgan fingerprint density at radius 2 is 2.09 bits per heavy atom. The fourth-order valence-corrected chi connectivity index (χ4v) is 2.92. The highest BCUT2D eigenvalue weighted by atomic mass is 32.2. The number of hydrogen-bond donors (Lipinski definition) is 1. The van der Waals surface area contributed by atoms with Gasteiger partial charge in [-0.25, -0.2) is 4.79 Å². The van der Waals surface area contributed by atoms with Gasteiger partial charge in [-0.3, -0.25) is 9.69 Å². The molecule has 1 fully saturated rings. The Labute approximate surface area is 137 Å². The predicted octanol–water partition coefficient (Wildman–Crippen LogP) is 2.08. The summed E-state index contributed by atoms with van der Waals surface area (Å²) in [5.74, 6) is 0.145. The lowest BCUT2D eigenvalue weighted by atomic mass is 10.1. The van der Waals surface area contributed by atoms with Gasteiger partial charge in [0, 0.05) is 18.7 Å². The van der Waals surface area contributed by atoms with Crippen LogP contribution in [0, 0.1) is 6.92 Å². The molecule has 120 valence electrons. The molecule has 1 atom stereocenters. The van der Waals surface area contributed by atoms with E-state index in [1.165, 1.54) is 4.90 Å². The third-order valence-corrected chi connectivity index (χ3v) is 4.37. The average molecular weight is 332 g/mol. The molecule has 0 bridgehead atoms. The van der Waals surface area contributed by atoms with Crippen LogP contribution in [-0.2, 0) is 4.79 Å². The Kier molecular flexibility index (Phi) is 4.33. The summed E-state index contributed by atoms with van der Waals surface area (Å²) >= 11 is 1.15. The molecule has 3 rings (SSSR count). The molecule has 2 aromatic rings. The molecule has 8 heteroatoms. The molecule has 1 N–H and O–H groups in total. The highest BCUT2D eigenvalue weighted by molar-refractivity contribution is 8.00. The van der Waals surface area contributed by atoms with E-state index in [-0.39, 0.29) is 11.9 Å². The van der Waals surface area contributed by atoms with Gasteiger partial charge in [-0.15, -0.1) is 10.2 Å². The zero-order valence-corrected chi connectivity index (χ0v) is 13.6. The van der Waals surface area contributed by atoms with Gasteiger partial charge in [-0.1, -0.05) is 29.5 Å². The molecule has 1 aromatic carbocycles. The Morgan fingerprint density at radius 3 is 2.74 bits per heavy atom. The number of hydrogen-bond acceptors (Lipinski definition) is 6. The molecule has 0 aliphatic carbocycles. The number of urea groups is 1. The Bertz CT molecular complexity index is 729. The van der Waals surface area contributed by atoms with Crippen LogP contribution in [0.1, 0.15) is 12.5 Å². The van der Waals surface area contributed by atoms with Crippen LogP contribution < -0.4 is 5.32 Å². The summed E-state index contributed by atoms with van der Waals surface area (Å²) in [4.78, 5) is 25.0. The first-order valence-corrected chi connectivity index (χ1v) is 8.09. The van der Waals surface area contributed by atoms with E-state index in [9.17, 15) is 9.59 Å². The van der Waals surface area contributed by atoms with Crippen LogP contribution in [0.3, 0.4) is 0 Å². The highest BCUT2D eigenvalue weighted by Crippen LogP contribution is 2.27. The largest absolute Gasteiger partial charge is 0.411 e. The molecule has 0 spiro atoms. The van der Waals surface area contributed by atoms with Gasteiger partial charge in [0.1, 0.15) is 0 Å². The van der Waals surface area contributed by atoms with Crippen molar-refractivity contribution < 1.29 is 14.0 Å². The molecule has 23 heavy (non-hydrogen) atoms. The van der Waals surface area contributed by atoms with E-state index in [0.717, 1.165) is 22.9 Å². The highest BCUT2D eigenvalue weighted by Gasteiger charge is 2.31. The summed E-state index contributed by atoms with van der Waals surface area (Å²) in [6, 6.07) is 7.38. The molecule has 2 heterocycles. The van der Waals surface area contributed by atoms with E-state index in [2.05, 4.69) is 15.5 Å². The van der Waals surface area contributed by atoms with Gasteiger partial charge in [0.2, 0.25) is 11.8 Å². The summed E-state index contributed by atoms with van der Waals surface area (Å²) in [7, 11) is 0. The summed E-state index contributed by atoms with van der Waals surface area (Å²) in [6.07, 6.45) is 0. The monoisotopic (exact) mass is 332 g/mol. The smallest absolute Gasteiger partial charge is 0.324 e. The number of carbonyl (C=O) groups is 2. The minimum atomic E-state index is -0.481. The second kappa shape index (κ2) is 6.41. The quantitative estimate of drug-likeness (QED) is 0.862. The van der Waals surface area contributed by atoms with Gasteiger partial charge in [0.15, 0.2) is 0 Å². The number of rotatable bonds is 4. The minimum absolute atomic E-state index is 0.264. The number of imide groups is 1. The SMILES string of the molecule is Cc1ccc(-c2nnc(S[C@@H](C)C(=O)N3CCNC3=O)o2)cc1. The average Bonchev–Trinajstić information content (AvgIpc) is 3.16. The topological polar surface area (TPSA) is 88.3 Å². The number of thioether (sulfide) groups is 1. The molecule has 1 aliphatic rings. The molecule has 1 aliphatic heterocycles. The Balaban J connectivity index is 1.67.